The van der Waals surface area contributed by atoms with E-state index in [-0.39, 0.29) is 5.41 Å². The van der Waals surface area contributed by atoms with Gasteiger partial charge in [0.15, 0.2) is 0 Å². The maximum absolute atomic E-state index is 6.03. The molecule has 1 aliphatic carbocycles. The van der Waals surface area contributed by atoms with Gasteiger partial charge < -0.3 is 10.1 Å². The first-order chi connectivity index (χ1) is 9.09. The highest BCUT2D eigenvalue weighted by molar-refractivity contribution is 6.30. The summed E-state index contributed by atoms with van der Waals surface area (Å²) in [7, 11) is 0. The molecule has 3 unspecified atom stereocenters. The minimum Gasteiger partial charge on any atom is -0.377 e. The summed E-state index contributed by atoms with van der Waals surface area (Å²) in [4.78, 5) is 0. The molecule has 0 aromatic heterocycles. The van der Waals surface area contributed by atoms with Gasteiger partial charge in [0.2, 0.25) is 0 Å². The van der Waals surface area contributed by atoms with Crippen molar-refractivity contribution in [3.8, 4) is 0 Å². The van der Waals surface area contributed by atoms with Crippen LogP contribution in [-0.4, -0.2) is 18.8 Å². The monoisotopic (exact) mass is 279 g/mol. The van der Waals surface area contributed by atoms with E-state index in [4.69, 9.17) is 16.3 Å². The second-order valence-electron chi connectivity index (χ2n) is 6.41. The Balaban J connectivity index is 1.63. The predicted octanol–water partition coefficient (Wildman–Crippen LogP) is 3.63. The van der Waals surface area contributed by atoms with E-state index < -0.39 is 0 Å². The fourth-order valence-electron chi connectivity index (χ4n) is 3.81. The van der Waals surface area contributed by atoms with Crippen LogP contribution in [0.5, 0.6) is 0 Å². The van der Waals surface area contributed by atoms with Gasteiger partial charge in [0.25, 0.3) is 0 Å². The molecule has 0 amide bonds. The van der Waals surface area contributed by atoms with Crippen LogP contribution in [0.15, 0.2) is 24.3 Å². The molecule has 1 aromatic rings. The van der Waals surface area contributed by atoms with Crippen molar-refractivity contribution < 1.29 is 4.74 Å². The van der Waals surface area contributed by atoms with Gasteiger partial charge in [0.1, 0.15) is 0 Å². The first kappa shape index (κ1) is 13.4. The quantitative estimate of drug-likeness (QED) is 0.912. The van der Waals surface area contributed by atoms with Crippen LogP contribution in [0.1, 0.15) is 32.3 Å². The lowest BCUT2D eigenvalue weighted by Gasteiger charge is -2.60. The lowest BCUT2D eigenvalue weighted by atomic mass is 9.55. The van der Waals surface area contributed by atoms with Crippen molar-refractivity contribution in [3.63, 3.8) is 0 Å². The van der Waals surface area contributed by atoms with Crippen LogP contribution in [0.2, 0.25) is 5.02 Å². The minimum absolute atomic E-state index is 0.240. The van der Waals surface area contributed by atoms with Crippen LogP contribution in [0, 0.1) is 11.3 Å². The second kappa shape index (κ2) is 5.08. The Bertz CT molecular complexity index is 460. The highest BCUT2D eigenvalue weighted by atomic mass is 35.5. The van der Waals surface area contributed by atoms with E-state index in [1.54, 1.807) is 0 Å². The molecular weight excluding hydrogens is 258 g/mol. The fraction of sp³-hybridized carbons (Fsp3) is 0.625. The van der Waals surface area contributed by atoms with Crippen LogP contribution in [-0.2, 0) is 11.3 Å². The minimum atomic E-state index is 0.240. The average molecular weight is 280 g/mol. The third-order valence-electron chi connectivity index (χ3n) is 4.75. The second-order valence-corrected chi connectivity index (χ2v) is 6.84. The summed E-state index contributed by atoms with van der Waals surface area (Å²) in [5, 5.41) is 4.52. The summed E-state index contributed by atoms with van der Waals surface area (Å²) in [5.74, 6) is 0.683. The zero-order chi connectivity index (χ0) is 13.5. The molecule has 3 heteroatoms. The molecule has 1 heterocycles. The van der Waals surface area contributed by atoms with Crippen molar-refractivity contribution in [1.29, 1.82) is 0 Å². The van der Waals surface area contributed by atoms with E-state index in [2.05, 4.69) is 25.2 Å². The number of hydrogen-bond acceptors (Lipinski definition) is 2. The molecule has 0 spiro atoms. The van der Waals surface area contributed by atoms with Gasteiger partial charge in [-0.15, -0.1) is 0 Å². The number of benzene rings is 1. The standard InChI is InChI=1S/C16H22ClNO/c1-16(2)14(13-7-4-8-19-15(13)16)18-10-11-5-3-6-12(17)9-11/h3,5-6,9,13-15,18H,4,7-8,10H2,1-2H3. The van der Waals surface area contributed by atoms with Crippen molar-refractivity contribution in [3.05, 3.63) is 34.9 Å². The highest BCUT2D eigenvalue weighted by Gasteiger charge is 2.57. The number of halogens is 1. The molecule has 1 aliphatic heterocycles. The van der Waals surface area contributed by atoms with E-state index in [1.165, 1.54) is 18.4 Å². The first-order valence-corrected chi connectivity index (χ1v) is 7.56. The Morgan fingerprint density at radius 1 is 1.42 bits per heavy atom. The predicted molar refractivity (Wildman–Crippen MR) is 78.3 cm³/mol. The van der Waals surface area contributed by atoms with E-state index >= 15 is 0 Å². The van der Waals surface area contributed by atoms with Gasteiger partial charge in [0.05, 0.1) is 6.10 Å². The van der Waals surface area contributed by atoms with Gasteiger partial charge in [-0.25, -0.2) is 0 Å². The van der Waals surface area contributed by atoms with Crippen LogP contribution < -0.4 is 5.32 Å². The molecule has 1 aromatic carbocycles. The Hall–Kier alpha value is -0.570. The number of hydrogen-bond donors (Lipinski definition) is 1. The zero-order valence-corrected chi connectivity index (χ0v) is 12.4. The van der Waals surface area contributed by atoms with Crippen molar-refractivity contribution in [2.75, 3.05) is 6.61 Å². The molecule has 3 rings (SSSR count). The molecule has 0 radical (unpaired) electrons. The van der Waals surface area contributed by atoms with Gasteiger partial charge in [-0.2, -0.15) is 0 Å². The third kappa shape index (κ3) is 2.42. The van der Waals surface area contributed by atoms with E-state index in [0.717, 1.165) is 18.2 Å². The molecule has 2 nitrogen and oxygen atoms in total. The molecule has 1 N–H and O–H groups in total. The van der Waals surface area contributed by atoms with Crippen LogP contribution in [0.4, 0.5) is 0 Å². The van der Waals surface area contributed by atoms with Gasteiger partial charge in [-0.3, -0.25) is 0 Å². The fourth-order valence-corrected chi connectivity index (χ4v) is 4.02. The van der Waals surface area contributed by atoms with Crippen LogP contribution in [0.25, 0.3) is 0 Å². The lowest BCUT2D eigenvalue weighted by molar-refractivity contribution is -0.192. The van der Waals surface area contributed by atoms with Crippen molar-refractivity contribution in [2.45, 2.75) is 45.4 Å². The highest BCUT2D eigenvalue weighted by Crippen LogP contribution is 2.51. The molecule has 1 saturated heterocycles. The van der Waals surface area contributed by atoms with Crippen molar-refractivity contribution in [1.82, 2.24) is 5.32 Å². The van der Waals surface area contributed by atoms with Crippen LogP contribution in [0.3, 0.4) is 0 Å². The molecule has 3 atom stereocenters. The number of rotatable bonds is 3. The third-order valence-corrected chi connectivity index (χ3v) is 4.98. The summed E-state index contributed by atoms with van der Waals surface area (Å²) >= 11 is 6.03. The summed E-state index contributed by atoms with van der Waals surface area (Å²) in [5.41, 5.74) is 1.49. The molecule has 2 fully saturated rings. The molecule has 2 aliphatic rings. The largest absolute Gasteiger partial charge is 0.377 e. The number of ether oxygens (including phenoxy) is 1. The normalized spacial score (nSPS) is 32.5. The zero-order valence-electron chi connectivity index (χ0n) is 11.7. The SMILES string of the molecule is CC1(C)C(NCc2cccc(Cl)c2)C2CCCOC21. The van der Waals surface area contributed by atoms with E-state index in [9.17, 15) is 0 Å². The number of nitrogens with one attached hydrogen (secondary N) is 1. The maximum atomic E-state index is 6.03. The maximum Gasteiger partial charge on any atom is 0.0684 e. The summed E-state index contributed by atoms with van der Waals surface area (Å²) < 4.78 is 5.93. The van der Waals surface area contributed by atoms with Gasteiger partial charge in [-0.1, -0.05) is 37.6 Å². The van der Waals surface area contributed by atoms with Gasteiger partial charge in [0, 0.05) is 35.5 Å². The van der Waals surface area contributed by atoms with Crippen molar-refractivity contribution in [2.24, 2.45) is 11.3 Å². The lowest BCUT2D eigenvalue weighted by Crippen LogP contribution is -2.69. The molecular formula is C16H22ClNO. The summed E-state index contributed by atoms with van der Waals surface area (Å²) in [6.45, 7) is 6.45. The molecule has 1 saturated carbocycles. The summed E-state index contributed by atoms with van der Waals surface area (Å²) in [6, 6.07) is 8.65. The van der Waals surface area contributed by atoms with Crippen LogP contribution >= 0.6 is 11.6 Å². The number of fused-ring (bicyclic) bond motifs is 1. The average Bonchev–Trinajstić information content (AvgIpc) is 2.39. The molecule has 19 heavy (non-hydrogen) atoms. The van der Waals surface area contributed by atoms with Crippen molar-refractivity contribution >= 4 is 11.6 Å². The Kier molecular flexibility index (Phi) is 3.59. The Morgan fingerprint density at radius 3 is 3.05 bits per heavy atom. The van der Waals surface area contributed by atoms with E-state index in [0.29, 0.717) is 18.1 Å². The van der Waals surface area contributed by atoms with E-state index in [1.807, 2.05) is 18.2 Å². The Morgan fingerprint density at radius 2 is 2.26 bits per heavy atom. The first-order valence-electron chi connectivity index (χ1n) is 7.18. The Labute approximate surface area is 120 Å². The smallest absolute Gasteiger partial charge is 0.0684 e. The molecule has 104 valence electrons. The molecule has 0 bridgehead atoms. The topological polar surface area (TPSA) is 21.3 Å². The van der Waals surface area contributed by atoms with Gasteiger partial charge in [-0.05, 0) is 30.5 Å². The summed E-state index contributed by atoms with van der Waals surface area (Å²) in [6.07, 6.45) is 2.94. The van der Waals surface area contributed by atoms with Gasteiger partial charge >= 0.3 is 0 Å².